The molecular weight excluding hydrogens is 360 g/mol. The molecule has 0 fully saturated rings. The lowest BCUT2D eigenvalue weighted by Crippen LogP contribution is -2.41. The molecule has 1 aromatic carbocycles. The van der Waals surface area contributed by atoms with Crippen LogP contribution in [-0.2, 0) is 0 Å². The lowest BCUT2D eigenvalue weighted by molar-refractivity contribution is -0.384. The van der Waals surface area contributed by atoms with Crippen molar-refractivity contribution in [2.24, 2.45) is 5.73 Å². The minimum Gasteiger partial charge on any atom is -0.371 e. The molecule has 1 atom stereocenters. The molecule has 1 heterocycles. The van der Waals surface area contributed by atoms with Crippen molar-refractivity contribution in [1.82, 2.24) is 10.3 Å². The Kier molecular flexibility index (Phi) is 6.35. The maximum Gasteiger partial charge on any atom is 0.293 e. The predicted octanol–water partition coefficient (Wildman–Crippen LogP) is 2.49. The Bertz CT molecular complexity index is 817. The summed E-state index contributed by atoms with van der Waals surface area (Å²) in [5.41, 5.74) is 5.31. The maximum absolute atomic E-state index is 13.1. The molecule has 144 valence electrons. The number of anilines is 1. The number of amides is 1. The first kappa shape index (κ1) is 20.2. The van der Waals surface area contributed by atoms with Crippen LogP contribution in [0.1, 0.15) is 29.0 Å². The molecule has 0 saturated heterocycles. The van der Waals surface area contributed by atoms with Crippen LogP contribution in [0.5, 0.6) is 0 Å². The van der Waals surface area contributed by atoms with Gasteiger partial charge in [-0.3, -0.25) is 19.9 Å². The van der Waals surface area contributed by atoms with Crippen LogP contribution in [0.4, 0.5) is 20.2 Å². The first-order valence-corrected chi connectivity index (χ1v) is 8.05. The average Bonchev–Trinajstić information content (AvgIpc) is 2.67. The lowest BCUT2D eigenvalue weighted by Gasteiger charge is -2.16. The van der Waals surface area contributed by atoms with Crippen LogP contribution in [0.2, 0.25) is 0 Å². The number of hydrogen-bond donors (Lipinski definition) is 3. The summed E-state index contributed by atoms with van der Waals surface area (Å²) in [7, 11) is 0. The van der Waals surface area contributed by atoms with E-state index in [9.17, 15) is 23.7 Å². The standard InChI is InChI=1S/C17H19F2N5O3/c1-11(13-4-2-3-7-21-13)23-14-6-5-12(8-15(14)24(26)27)16(25)22-10-17(18,19)9-20/h2-8,11,23H,9-10,20H2,1H3,(H,22,25). The number of halogens is 2. The van der Waals surface area contributed by atoms with E-state index in [1.807, 2.05) is 5.32 Å². The third kappa shape index (κ3) is 5.42. The molecule has 0 aliphatic rings. The highest BCUT2D eigenvalue weighted by atomic mass is 19.3. The molecule has 2 rings (SSSR count). The normalized spacial score (nSPS) is 12.3. The van der Waals surface area contributed by atoms with Gasteiger partial charge in [-0.15, -0.1) is 0 Å². The van der Waals surface area contributed by atoms with Crippen LogP contribution in [0.15, 0.2) is 42.6 Å². The highest BCUT2D eigenvalue weighted by Gasteiger charge is 2.28. The van der Waals surface area contributed by atoms with Crippen molar-refractivity contribution >= 4 is 17.3 Å². The van der Waals surface area contributed by atoms with Gasteiger partial charge >= 0.3 is 0 Å². The summed E-state index contributed by atoms with van der Waals surface area (Å²) in [5.74, 6) is -4.10. The van der Waals surface area contributed by atoms with Gasteiger partial charge in [-0.1, -0.05) is 6.07 Å². The van der Waals surface area contributed by atoms with Gasteiger partial charge in [0.25, 0.3) is 17.5 Å². The number of hydrogen-bond acceptors (Lipinski definition) is 6. The number of nitro benzene ring substituents is 1. The van der Waals surface area contributed by atoms with E-state index < -0.39 is 29.8 Å². The van der Waals surface area contributed by atoms with Crippen molar-refractivity contribution in [2.45, 2.75) is 18.9 Å². The third-order valence-electron chi connectivity index (χ3n) is 3.77. The highest BCUT2D eigenvalue weighted by molar-refractivity contribution is 5.95. The van der Waals surface area contributed by atoms with Gasteiger partial charge in [0, 0.05) is 17.8 Å². The number of nitro groups is 1. The average molecular weight is 379 g/mol. The Balaban J connectivity index is 2.19. The summed E-state index contributed by atoms with van der Waals surface area (Å²) >= 11 is 0. The number of carbonyl (C=O) groups is 1. The second-order valence-corrected chi connectivity index (χ2v) is 5.85. The molecule has 27 heavy (non-hydrogen) atoms. The molecule has 0 radical (unpaired) electrons. The summed E-state index contributed by atoms with van der Waals surface area (Å²) in [5, 5.41) is 16.3. The van der Waals surface area contributed by atoms with Gasteiger partial charge in [0.05, 0.1) is 29.7 Å². The smallest absolute Gasteiger partial charge is 0.293 e. The Morgan fingerprint density at radius 1 is 1.37 bits per heavy atom. The van der Waals surface area contributed by atoms with Crippen LogP contribution in [0, 0.1) is 10.1 Å². The maximum atomic E-state index is 13.1. The van der Waals surface area contributed by atoms with E-state index in [1.165, 1.54) is 12.1 Å². The van der Waals surface area contributed by atoms with E-state index in [1.54, 1.807) is 31.3 Å². The van der Waals surface area contributed by atoms with Gasteiger partial charge in [0.15, 0.2) is 0 Å². The number of benzene rings is 1. The van der Waals surface area contributed by atoms with Crippen LogP contribution in [-0.4, -0.2) is 34.8 Å². The quantitative estimate of drug-likeness (QED) is 0.478. The van der Waals surface area contributed by atoms with Gasteiger partial charge in [-0.25, -0.2) is 8.78 Å². The number of carbonyl (C=O) groups excluding carboxylic acids is 1. The first-order chi connectivity index (χ1) is 12.7. The van der Waals surface area contributed by atoms with E-state index in [2.05, 4.69) is 10.3 Å². The van der Waals surface area contributed by atoms with E-state index in [0.29, 0.717) is 5.69 Å². The fourth-order valence-electron chi connectivity index (χ4n) is 2.27. The molecule has 1 amide bonds. The second kappa shape index (κ2) is 8.49. The topological polar surface area (TPSA) is 123 Å². The molecular formula is C17H19F2N5O3. The van der Waals surface area contributed by atoms with Crippen molar-refractivity contribution in [3.05, 3.63) is 64.0 Å². The van der Waals surface area contributed by atoms with E-state index in [0.717, 1.165) is 6.07 Å². The number of pyridine rings is 1. The number of nitrogens with one attached hydrogen (secondary N) is 2. The minimum atomic E-state index is -3.25. The minimum absolute atomic E-state index is 0.106. The molecule has 1 unspecified atom stereocenters. The zero-order chi connectivity index (χ0) is 20.0. The number of alkyl halides is 2. The largest absolute Gasteiger partial charge is 0.371 e. The Labute approximate surface area is 153 Å². The zero-order valence-corrected chi connectivity index (χ0v) is 14.5. The fourth-order valence-corrected chi connectivity index (χ4v) is 2.27. The predicted molar refractivity (Wildman–Crippen MR) is 95.7 cm³/mol. The van der Waals surface area contributed by atoms with Crippen molar-refractivity contribution < 1.29 is 18.5 Å². The summed E-state index contributed by atoms with van der Waals surface area (Å²) in [6.45, 7) is -0.0872. The highest BCUT2D eigenvalue weighted by Crippen LogP contribution is 2.29. The molecule has 0 aliphatic heterocycles. The van der Waals surface area contributed by atoms with Crippen LogP contribution < -0.4 is 16.4 Å². The molecule has 0 aliphatic carbocycles. The molecule has 4 N–H and O–H groups in total. The first-order valence-electron chi connectivity index (χ1n) is 8.05. The molecule has 2 aromatic rings. The Morgan fingerprint density at radius 2 is 2.11 bits per heavy atom. The van der Waals surface area contributed by atoms with Crippen molar-refractivity contribution in [1.29, 1.82) is 0 Å². The van der Waals surface area contributed by atoms with Crippen molar-refractivity contribution in [3.8, 4) is 0 Å². The number of rotatable bonds is 8. The van der Waals surface area contributed by atoms with Crippen molar-refractivity contribution in [2.75, 3.05) is 18.4 Å². The molecule has 0 spiro atoms. The van der Waals surface area contributed by atoms with Gasteiger partial charge in [-0.05, 0) is 31.2 Å². The Morgan fingerprint density at radius 3 is 2.70 bits per heavy atom. The van der Waals surface area contributed by atoms with E-state index in [4.69, 9.17) is 5.73 Å². The van der Waals surface area contributed by atoms with Gasteiger partial charge in [-0.2, -0.15) is 0 Å². The monoisotopic (exact) mass is 379 g/mol. The van der Waals surface area contributed by atoms with Gasteiger partial charge in [0.2, 0.25) is 0 Å². The summed E-state index contributed by atoms with van der Waals surface area (Å²) < 4.78 is 26.3. The van der Waals surface area contributed by atoms with Crippen LogP contribution in [0.3, 0.4) is 0 Å². The van der Waals surface area contributed by atoms with Crippen molar-refractivity contribution in [3.63, 3.8) is 0 Å². The molecule has 0 saturated carbocycles. The number of nitrogens with zero attached hydrogens (tertiary/aromatic N) is 2. The molecule has 1 aromatic heterocycles. The molecule has 0 bridgehead atoms. The zero-order valence-electron chi connectivity index (χ0n) is 14.5. The van der Waals surface area contributed by atoms with E-state index in [-0.39, 0.29) is 23.0 Å². The Hall–Kier alpha value is -3.14. The summed E-state index contributed by atoms with van der Waals surface area (Å²) in [6, 6.07) is 8.68. The second-order valence-electron chi connectivity index (χ2n) is 5.85. The molecule has 10 heteroatoms. The van der Waals surface area contributed by atoms with E-state index >= 15 is 0 Å². The summed E-state index contributed by atoms with van der Waals surface area (Å²) in [4.78, 5) is 26.9. The van der Waals surface area contributed by atoms with Crippen LogP contribution >= 0.6 is 0 Å². The van der Waals surface area contributed by atoms with Crippen LogP contribution in [0.25, 0.3) is 0 Å². The lowest BCUT2D eigenvalue weighted by atomic mass is 10.1. The SMILES string of the molecule is CC(Nc1ccc(C(=O)NCC(F)(F)CN)cc1[N+](=O)[O-])c1ccccn1. The fraction of sp³-hybridized carbons (Fsp3) is 0.294. The van der Waals surface area contributed by atoms with Gasteiger partial charge in [0.1, 0.15) is 5.69 Å². The van der Waals surface area contributed by atoms with Gasteiger partial charge < -0.3 is 16.4 Å². The third-order valence-corrected chi connectivity index (χ3v) is 3.77. The summed E-state index contributed by atoms with van der Waals surface area (Å²) in [6.07, 6.45) is 1.60. The number of aromatic nitrogens is 1. The molecule has 8 nitrogen and oxygen atoms in total. The number of nitrogens with two attached hydrogens (primary N) is 1.